The molecule has 0 aliphatic carbocycles. The number of hydrogen-bond donors (Lipinski definition) is 0. The van der Waals surface area contributed by atoms with Gasteiger partial charge < -0.3 is 9.58 Å². The van der Waals surface area contributed by atoms with Crippen LogP contribution >= 0.6 is 0 Å². The standard InChI is InChI=1S/C13H11N5O2/c1-4-20-13(19)11(16-3)12-17-9(5-6-14)7-10(18-12)8-15-2/h7,11H,4-5,8H2,1H3. The van der Waals surface area contributed by atoms with E-state index < -0.39 is 12.0 Å². The Morgan fingerprint density at radius 3 is 2.75 bits per heavy atom. The fourth-order valence-corrected chi connectivity index (χ4v) is 1.47. The number of hydrogen-bond acceptors (Lipinski definition) is 5. The summed E-state index contributed by atoms with van der Waals surface area (Å²) in [5.74, 6) is -0.754. The minimum Gasteiger partial charge on any atom is -0.460 e. The molecule has 0 saturated heterocycles. The number of carbonyl (C=O) groups excluding carboxylic acids is 1. The normalized spacial score (nSPS) is 10.7. The van der Waals surface area contributed by atoms with Crippen LogP contribution in [0.15, 0.2) is 6.07 Å². The van der Waals surface area contributed by atoms with E-state index in [2.05, 4.69) is 19.7 Å². The number of ether oxygens (including phenoxy) is 1. The van der Waals surface area contributed by atoms with Gasteiger partial charge in [0, 0.05) is 0 Å². The van der Waals surface area contributed by atoms with Crippen molar-refractivity contribution in [3.05, 3.63) is 46.1 Å². The molecule has 20 heavy (non-hydrogen) atoms. The Morgan fingerprint density at radius 2 is 2.20 bits per heavy atom. The summed E-state index contributed by atoms with van der Waals surface area (Å²) >= 11 is 0. The lowest BCUT2D eigenvalue weighted by molar-refractivity contribution is -0.143. The van der Waals surface area contributed by atoms with Gasteiger partial charge in [-0.3, -0.25) is 4.85 Å². The van der Waals surface area contributed by atoms with E-state index >= 15 is 0 Å². The smallest absolute Gasteiger partial charge is 0.398 e. The van der Waals surface area contributed by atoms with Gasteiger partial charge in [0.15, 0.2) is 0 Å². The summed E-state index contributed by atoms with van der Waals surface area (Å²) in [5.41, 5.74) is 0.766. The van der Waals surface area contributed by atoms with E-state index in [9.17, 15) is 4.79 Å². The number of nitriles is 1. The molecule has 0 aliphatic heterocycles. The van der Waals surface area contributed by atoms with Crippen LogP contribution in [-0.4, -0.2) is 22.5 Å². The van der Waals surface area contributed by atoms with Crippen LogP contribution in [0.2, 0.25) is 0 Å². The molecule has 0 aromatic carbocycles. The van der Waals surface area contributed by atoms with Gasteiger partial charge in [-0.1, -0.05) is 0 Å². The molecule has 100 valence electrons. The molecule has 0 aliphatic rings. The first-order valence-corrected chi connectivity index (χ1v) is 5.76. The van der Waals surface area contributed by atoms with Crippen molar-refractivity contribution in [2.45, 2.75) is 25.9 Å². The van der Waals surface area contributed by atoms with Crippen LogP contribution < -0.4 is 0 Å². The van der Waals surface area contributed by atoms with Crippen LogP contribution in [0.25, 0.3) is 9.69 Å². The lowest BCUT2D eigenvalue weighted by Gasteiger charge is -2.06. The summed E-state index contributed by atoms with van der Waals surface area (Å²) in [5, 5.41) is 8.70. The average Bonchev–Trinajstić information content (AvgIpc) is 2.40. The third kappa shape index (κ3) is 3.76. The van der Waals surface area contributed by atoms with Crippen molar-refractivity contribution < 1.29 is 9.53 Å². The molecule has 1 heterocycles. The number of nitrogens with zero attached hydrogens (tertiary/aromatic N) is 5. The molecule has 1 aromatic heterocycles. The minimum absolute atomic E-state index is 0.00148. The molecule has 0 spiro atoms. The highest BCUT2D eigenvalue weighted by Gasteiger charge is 2.31. The fraction of sp³-hybridized carbons (Fsp3) is 0.385. The van der Waals surface area contributed by atoms with Crippen molar-refractivity contribution in [1.82, 2.24) is 9.97 Å². The van der Waals surface area contributed by atoms with E-state index in [-0.39, 0.29) is 25.4 Å². The maximum absolute atomic E-state index is 11.7. The first-order valence-electron chi connectivity index (χ1n) is 5.76. The maximum atomic E-state index is 11.7. The molecule has 1 aromatic rings. The fourth-order valence-electron chi connectivity index (χ4n) is 1.47. The van der Waals surface area contributed by atoms with Crippen molar-refractivity contribution in [2.75, 3.05) is 6.61 Å². The average molecular weight is 269 g/mol. The molecular weight excluding hydrogens is 258 g/mol. The largest absolute Gasteiger partial charge is 0.460 e. The second-order valence-corrected chi connectivity index (χ2v) is 3.64. The Morgan fingerprint density at radius 1 is 1.50 bits per heavy atom. The van der Waals surface area contributed by atoms with Crippen LogP contribution in [0, 0.1) is 24.5 Å². The van der Waals surface area contributed by atoms with E-state index in [1.54, 1.807) is 6.92 Å². The quantitative estimate of drug-likeness (QED) is 0.597. The molecule has 1 unspecified atom stereocenters. The van der Waals surface area contributed by atoms with Gasteiger partial charge in [0.25, 0.3) is 6.54 Å². The Labute approximate surface area is 116 Å². The van der Waals surface area contributed by atoms with Gasteiger partial charge in [-0.15, -0.1) is 0 Å². The molecule has 1 rings (SSSR count). The molecule has 7 heteroatoms. The van der Waals surface area contributed by atoms with E-state index in [0.717, 1.165) is 0 Å². The molecule has 0 bridgehead atoms. The highest BCUT2D eigenvalue weighted by molar-refractivity contribution is 5.78. The first-order chi connectivity index (χ1) is 9.65. The van der Waals surface area contributed by atoms with Gasteiger partial charge in [-0.05, 0) is 13.0 Å². The third-order valence-corrected chi connectivity index (χ3v) is 2.23. The zero-order valence-corrected chi connectivity index (χ0v) is 10.8. The van der Waals surface area contributed by atoms with Gasteiger partial charge >= 0.3 is 12.0 Å². The molecular formula is C13H11N5O2. The zero-order chi connectivity index (χ0) is 15.0. The van der Waals surface area contributed by atoms with Crippen molar-refractivity contribution in [3.63, 3.8) is 0 Å². The second kappa shape index (κ2) is 7.45. The second-order valence-electron chi connectivity index (χ2n) is 3.64. The highest BCUT2D eigenvalue weighted by atomic mass is 16.5. The van der Waals surface area contributed by atoms with Crippen molar-refractivity contribution in [2.24, 2.45) is 0 Å². The third-order valence-electron chi connectivity index (χ3n) is 2.23. The SMILES string of the molecule is [C-]#[N+]Cc1cc(CC#N)nc(C([N+]#[C-])C(=O)OCC)n1. The van der Waals surface area contributed by atoms with Gasteiger partial charge in [0.1, 0.15) is 5.69 Å². The Hall–Kier alpha value is -2.98. The lowest BCUT2D eigenvalue weighted by atomic mass is 10.2. The van der Waals surface area contributed by atoms with Crippen LogP contribution in [0.4, 0.5) is 0 Å². The van der Waals surface area contributed by atoms with Crippen LogP contribution in [-0.2, 0) is 22.5 Å². The summed E-state index contributed by atoms with van der Waals surface area (Å²) in [6.45, 7) is 15.7. The summed E-state index contributed by atoms with van der Waals surface area (Å²) in [6, 6.07) is 2.19. The lowest BCUT2D eigenvalue weighted by Crippen LogP contribution is -2.17. The Balaban J connectivity index is 3.21. The number of rotatable bonds is 5. The summed E-state index contributed by atoms with van der Waals surface area (Å²) < 4.78 is 4.79. The van der Waals surface area contributed by atoms with Crippen LogP contribution in [0.1, 0.15) is 30.2 Å². The molecule has 0 fully saturated rings. The predicted molar refractivity (Wildman–Crippen MR) is 67.6 cm³/mol. The van der Waals surface area contributed by atoms with E-state index in [1.807, 2.05) is 6.07 Å². The zero-order valence-electron chi connectivity index (χ0n) is 10.8. The van der Waals surface area contributed by atoms with Gasteiger partial charge in [-0.25, -0.2) is 27.9 Å². The molecule has 7 nitrogen and oxygen atoms in total. The monoisotopic (exact) mass is 269 g/mol. The Kier molecular flexibility index (Phi) is 5.62. The summed E-state index contributed by atoms with van der Waals surface area (Å²) in [6.07, 6.45) is 0.0219. The van der Waals surface area contributed by atoms with Gasteiger partial charge in [0.05, 0.1) is 24.8 Å². The maximum Gasteiger partial charge on any atom is 0.398 e. The molecule has 0 amide bonds. The minimum atomic E-state index is -1.27. The number of aromatic nitrogens is 2. The summed E-state index contributed by atoms with van der Waals surface area (Å²) in [4.78, 5) is 26.1. The van der Waals surface area contributed by atoms with E-state index in [4.69, 9.17) is 23.1 Å². The predicted octanol–water partition coefficient (Wildman–Crippen LogP) is 1.49. The van der Waals surface area contributed by atoms with Crippen molar-refractivity contribution in [1.29, 1.82) is 5.26 Å². The van der Waals surface area contributed by atoms with Crippen LogP contribution in [0.3, 0.4) is 0 Å². The molecule has 0 saturated carbocycles. The summed E-state index contributed by atoms with van der Waals surface area (Å²) in [7, 11) is 0. The molecule has 0 N–H and O–H groups in total. The molecule has 1 atom stereocenters. The topological polar surface area (TPSA) is 84.6 Å². The van der Waals surface area contributed by atoms with Crippen molar-refractivity contribution >= 4 is 5.97 Å². The van der Waals surface area contributed by atoms with Gasteiger partial charge in [-0.2, -0.15) is 5.26 Å². The molecule has 0 radical (unpaired) electrons. The van der Waals surface area contributed by atoms with Gasteiger partial charge in [0.2, 0.25) is 5.82 Å². The van der Waals surface area contributed by atoms with Crippen LogP contribution in [0.5, 0.6) is 0 Å². The Bertz CT molecular complexity index is 587. The van der Waals surface area contributed by atoms with Crippen molar-refractivity contribution in [3.8, 4) is 6.07 Å². The van der Waals surface area contributed by atoms with E-state index in [1.165, 1.54) is 6.07 Å². The number of carbonyl (C=O) groups is 1. The van der Waals surface area contributed by atoms with E-state index in [0.29, 0.717) is 11.4 Å². The number of esters is 1. The highest BCUT2D eigenvalue weighted by Crippen LogP contribution is 2.17. The first kappa shape index (κ1) is 15.1.